The predicted molar refractivity (Wildman–Crippen MR) is 62.5 cm³/mol. The number of esters is 1. The van der Waals surface area contributed by atoms with Gasteiger partial charge in [-0.2, -0.15) is 5.06 Å². The molecule has 2 atom stereocenters. The maximum absolute atomic E-state index is 11.4. The summed E-state index contributed by atoms with van der Waals surface area (Å²) >= 11 is 0. The van der Waals surface area contributed by atoms with Crippen LogP contribution in [0.25, 0.3) is 0 Å². The van der Waals surface area contributed by atoms with E-state index in [2.05, 4.69) is 16.9 Å². The number of carbonyl (C=O) groups excluding carboxylic acids is 1. The van der Waals surface area contributed by atoms with Crippen LogP contribution < -0.4 is 0 Å². The highest BCUT2D eigenvalue weighted by Crippen LogP contribution is 2.25. The van der Waals surface area contributed by atoms with Crippen LogP contribution in [0.2, 0.25) is 0 Å². The van der Waals surface area contributed by atoms with Crippen LogP contribution in [0.4, 0.5) is 0 Å². The quantitative estimate of drug-likeness (QED) is 0.806. The first kappa shape index (κ1) is 12.1. The molecule has 1 aromatic rings. The van der Waals surface area contributed by atoms with Crippen LogP contribution in [0, 0.1) is 5.92 Å². The van der Waals surface area contributed by atoms with Crippen molar-refractivity contribution in [2.75, 3.05) is 13.7 Å². The van der Waals surface area contributed by atoms with E-state index in [4.69, 9.17) is 0 Å². The van der Waals surface area contributed by atoms with Crippen molar-refractivity contribution in [1.29, 1.82) is 0 Å². The third-order valence-electron chi connectivity index (χ3n) is 3.20. The van der Waals surface area contributed by atoms with E-state index in [0.29, 0.717) is 18.9 Å². The van der Waals surface area contributed by atoms with Crippen LogP contribution in [0.1, 0.15) is 12.0 Å². The minimum absolute atomic E-state index is 0.298. The minimum atomic E-state index is -0.506. The molecule has 0 bridgehead atoms. The Labute approximate surface area is 101 Å². The van der Waals surface area contributed by atoms with Crippen molar-refractivity contribution < 1.29 is 14.7 Å². The predicted octanol–water partition coefficient (Wildman–Crippen LogP) is 1.48. The zero-order chi connectivity index (χ0) is 12.3. The standard InChI is InChI=1S/C13H17NO3/c1-17-13(15)12-8-11(9-14(12)16)7-10-5-3-2-4-6-10/h2-6,11-12,16H,7-9H2,1H3. The smallest absolute Gasteiger partial charge is 0.325 e. The van der Waals surface area contributed by atoms with Gasteiger partial charge in [0.2, 0.25) is 0 Å². The van der Waals surface area contributed by atoms with Gasteiger partial charge in [0, 0.05) is 6.54 Å². The van der Waals surface area contributed by atoms with E-state index >= 15 is 0 Å². The molecule has 1 aliphatic heterocycles. The molecule has 0 amide bonds. The van der Waals surface area contributed by atoms with Gasteiger partial charge in [0.05, 0.1) is 7.11 Å². The lowest BCUT2D eigenvalue weighted by molar-refractivity contribution is -0.164. The number of carbonyl (C=O) groups is 1. The molecule has 0 saturated carbocycles. The van der Waals surface area contributed by atoms with E-state index in [-0.39, 0.29) is 5.97 Å². The molecule has 17 heavy (non-hydrogen) atoms. The lowest BCUT2D eigenvalue weighted by Gasteiger charge is -2.13. The minimum Gasteiger partial charge on any atom is -0.468 e. The second-order valence-electron chi connectivity index (χ2n) is 4.45. The molecule has 92 valence electrons. The summed E-state index contributed by atoms with van der Waals surface area (Å²) in [6, 6.07) is 9.60. The van der Waals surface area contributed by atoms with E-state index in [9.17, 15) is 10.0 Å². The average molecular weight is 235 g/mol. The van der Waals surface area contributed by atoms with E-state index in [1.807, 2.05) is 18.2 Å². The molecule has 0 radical (unpaired) electrons. The lowest BCUT2D eigenvalue weighted by atomic mass is 9.97. The number of methoxy groups -OCH3 is 1. The number of hydrogen-bond acceptors (Lipinski definition) is 4. The molecule has 1 saturated heterocycles. The summed E-state index contributed by atoms with van der Waals surface area (Å²) < 4.78 is 4.66. The third kappa shape index (κ3) is 2.84. The van der Waals surface area contributed by atoms with Gasteiger partial charge in [-0.05, 0) is 24.3 Å². The summed E-state index contributed by atoms with van der Waals surface area (Å²) in [5, 5.41) is 10.8. The Bertz CT molecular complexity index is 380. The fraction of sp³-hybridized carbons (Fsp3) is 0.462. The maximum atomic E-state index is 11.4. The summed E-state index contributed by atoms with van der Waals surface area (Å²) in [5.74, 6) is -0.0606. The summed E-state index contributed by atoms with van der Waals surface area (Å²) in [6.45, 7) is 0.522. The van der Waals surface area contributed by atoms with Crippen LogP contribution in [0.3, 0.4) is 0 Å². The molecule has 1 aliphatic rings. The van der Waals surface area contributed by atoms with Crippen molar-refractivity contribution in [1.82, 2.24) is 5.06 Å². The Balaban J connectivity index is 1.95. The Hall–Kier alpha value is -1.39. The molecule has 2 rings (SSSR count). The normalized spacial score (nSPS) is 24.8. The molecule has 1 aromatic carbocycles. The lowest BCUT2D eigenvalue weighted by Crippen LogP contribution is -2.34. The third-order valence-corrected chi connectivity index (χ3v) is 3.20. The van der Waals surface area contributed by atoms with Gasteiger partial charge in [-0.15, -0.1) is 0 Å². The van der Waals surface area contributed by atoms with Gasteiger partial charge in [-0.1, -0.05) is 30.3 Å². The zero-order valence-corrected chi connectivity index (χ0v) is 9.87. The van der Waals surface area contributed by atoms with Crippen molar-refractivity contribution in [3.63, 3.8) is 0 Å². The van der Waals surface area contributed by atoms with Gasteiger partial charge >= 0.3 is 5.97 Å². The summed E-state index contributed by atoms with van der Waals surface area (Å²) in [4.78, 5) is 11.4. The van der Waals surface area contributed by atoms with Gasteiger partial charge in [0.25, 0.3) is 0 Å². The molecule has 4 nitrogen and oxygen atoms in total. The molecule has 1 fully saturated rings. The van der Waals surface area contributed by atoms with Crippen molar-refractivity contribution >= 4 is 5.97 Å². The molecular weight excluding hydrogens is 218 g/mol. The van der Waals surface area contributed by atoms with Gasteiger partial charge in [0.15, 0.2) is 0 Å². The first-order chi connectivity index (χ1) is 8.20. The highest BCUT2D eigenvalue weighted by atomic mass is 16.5. The van der Waals surface area contributed by atoms with E-state index < -0.39 is 6.04 Å². The molecule has 0 spiro atoms. The molecular formula is C13H17NO3. The highest BCUT2D eigenvalue weighted by Gasteiger charge is 2.36. The Morgan fingerprint density at radius 2 is 2.18 bits per heavy atom. The Kier molecular flexibility index (Phi) is 3.76. The number of hydrogen-bond donors (Lipinski definition) is 1. The summed E-state index contributed by atoms with van der Waals surface area (Å²) in [6.07, 6.45) is 1.53. The topological polar surface area (TPSA) is 49.8 Å². The number of rotatable bonds is 3. The van der Waals surface area contributed by atoms with Crippen molar-refractivity contribution in [2.24, 2.45) is 5.92 Å². The second-order valence-corrected chi connectivity index (χ2v) is 4.45. The van der Waals surface area contributed by atoms with E-state index in [1.54, 1.807) is 0 Å². The van der Waals surface area contributed by atoms with E-state index in [1.165, 1.54) is 12.7 Å². The van der Waals surface area contributed by atoms with Crippen LogP contribution in [-0.2, 0) is 16.0 Å². The zero-order valence-electron chi connectivity index (χ0n) is 9.87. The van der Waals surface area contributed by atoms with Crippen LogP contribution in [-0.4, -0.2) is 35.9 Å². The Morgan fingerprint density at radius 1 is 1.47 bits per heavy atom. The number of nitrogens with zero attached hydrogens (tertiary/aromatic N) is 1. The fourth-order valence-electron chi connectivity index (χ4n) is 2.35. The maximum Gasteiger partial charge on any atom is 0.325 e. The second kappa shape index (κ2) is 5.29. The SMILES string of the molecule is COC(=O)C1CC(Cc2ccccc2)CN1O. The summed E-state index contributed by atoms with van der Waals surface area (Å²) in [7, 11) is 1.35. The van der Waals surface area contributed by atoms with Crippen LogP contribution >= 0.6 is 0 Å². The van der Waals surface area contributed by atoms with Crippen LogP contribution in [0.15, 0.2) is 30.3 Å². The molecule has 0 aliphatic carbocycles. The average Bonchev–Trinajstić information content (AvgIpc) is 2.70. The first-order valence-corrected chi connectivity index (χ1v) is 5.78. The van der Waals surface area contributed by atoms with E-state index in [0.717, 1.165) is 11.5 Å². The molecule has 1 heterocycles. The first-order valence-electron chi connectivity index (χ1n) is 5.78. The van der Waals surface area contributed by atoms with Crippen LogP contribution in [0.5, 0.6) is 0 Å². The van der Waals surface area contributed by atoms with Crippen molar-refractivity contribution in [3.05, 3.63) is 35.9 Å². The molecule has 1 N–H and O–H groups in total. The van der Waals surface area contributed by atoms with Gasteiger partial charge in [-0.25, -0.2) is 0 Å². The Morgan fingerprint density at radius 3 is 2.82 bits per heavy atom. The van der Waals surface area contributed by atoms with Gasteiger partial charge in [0.1, 0.15) is 6.04 Å². The van der Waals surface area contributed by atoms with Gasteiger partial charge < -0.3 is 9.94 Å². The summed E-state index contributed by atoms with van der Waals surface area (Å²) in [5.41, 5.74) is 1.23. The number of ether oxygens (including phenoxy) is 1. The highest BCUT2D eigenvalue weighted by molar-refractivity contribution is 5.75. The van der Waals surface area contributed by atoms with Crippen molar-refractivity contribution in [2.45, 2.75) is 18.9 Å². The molecule has 4 heteroatoms. The fourth-order valence-corrected chi connectivity index (χ4v) is 2.35. The molecule has 0 aromatic heterocycles. The number of hydroxylamine groups is 2. The van der Waals surface area contributed by atoms with Crippen molar-refractivity contribution in [3.8, 4) is 0 Å². The molecule has 2 unspecified atom stereocenters. The monoisotopic (exact) mass is 235 g/mol. The van der Waals surface area contributed by atoms with Gasteiger partial charge in [-0.3, -0.25) is 4.79 Å². The number of benzene rings is 1. The largest absolute Gasteiger partial charge is 0.468 e.